The van der Waals surface area contributed by atoms with Crippen molar-refractivity contribution in [3.63, 3.8) is 0 Å². The number of hydrogen-bond donors (Lipinski definition) is 2. The van der Waals surface area contributed by atoms with Crippen molar-refractivity contribution in [2.45, 2.75) is 26.3 Å². The van der Waals surface area contributed by atoms with Crippen LogP contribution in [0.25, 0.3) is 0 Å². The molecular formula is C17H17BrN2O. The van der Waals surface area contributed by atoms with Crippen LogP contribution in [0.5, 0.6) is 0 Å². The minimum absolute atomic E-state index is 0.105. The lowest BCUT2D eigenvalue weighted by Crippen LogP contribution is -2.18. The summed E-state index contributed by atoms with van der Waals surface area (Å²) < 4.78 is 1.13. The second-order valence-electron chi connectivity index (χ2n) is 5.36. The lowest BCUT2D eigenvalue weighted by Gasteiger charge is -2.18. The SMILES string of the molecule is Cc1cc(CNc2ccc3c(c2)CCC(=O)N3)ccc1Br. The van der Waals surface area contributed by atoms with Crippen molar-refractivity contribution in [2.24, 2.45) is 0 Å². The quantitative estimate of drug-likeness (QED) is 0.873. The third-order valence-corrected chi connectivity index (χ3v) is 4.61. The number of aryl methyl sites for hydroxylation is 2. The van der Waals surface area contributed by atoms with Crippen molar-refractivity contribution in [3.8, 4) is 0 Å². The maximum Gasteiger partial charge on any atom is 0.224 e. The molecule has 2 aromatic rings. The summed E-state index contributed by atoms with van der Waals surface area (Å²) in [5, 5.41) is 6.34. The minimum Gasteiger partial charge on any atom is -0.381 e. The van der Waals surface area contributed by atoms with Crippen molar-refractivity contribution in [1.82, 2.24) is 0 Å². The predicted octanol–water partition coefficient (Wildman–Crippen LogP) is 4.25. The zero-order chi connectivity index (χ0) is 14.8. The van der Waals surface area contributed by atoms with Crippen LogP contribution in [0.2, 0.25) is 0 Å². The number of nitrogens with one attached hydrogen (secondary N) is 2. The molecule has 2 N–H and O–H groups in total. The van der Waals surface area contributed by atoms with E-state index in [4.69, 9.17) is 0 Å². The summed E-state index contributed by atoms with van der Waals surface area (Å²) in [6, 6.07) is 12.5. The van der Waals surface area contributed by atoms with Gasteiger partial charge in [-0.2, -0.15) is 0 Å². The summed E-state index contributed by atoms with van der Waals surface area (Å²) in [6.45, 7) is 2.88. The van der Waals surface area contributed by atoms with Gasteiger partial charge in [-0.25, -0.2) is 0 Å². The number of hydrogen-bond acceptors (Lipinski definition) is 2. The number of benzene rings is 2. The standard InChI is InChI=1S/C17H17BrN2O/c1-11-8-12(2-5-15(11)18)10-19-14-4-6-16-13(9-14)3-7-17(21)20-16/h2,4-6,8-9,19H,3,7,10H2,1H3,(H,20,21). The molecule has 0 saturated heterocycles. The van der Waals surface area contributed by atoms with Crippen LogP contribution in [-0.4, -0.2) is 5.91 Å². The van der Waals surface area contributed by atoms with E-state index in [2.05, 4.69) is 57.8 Å². The van der Waals surface area contributed by atoms with Crippen molar-refractivity contribution in [2.75, 3.05) is 10.6 Å². The molecule has 0 atom stereocenters. The number of amides is 1. The largest absolute Gasteiger partial charge is 0.381 e. The van der Waals surface area contributed by atoms with E-state index in [9.17, 15) is 4.79 Å². The van der Waals surface area contributed by atoms with Gasteiger partial charge in [-0.05, 0) is 54.3 Å². The molecule has 0 aliphatic carbocycles. The van der Waals surface area contributed by atoms with Gasteiger partial charge in [0.2, 0.25) is 5.91 Å². The molecule has 108 valence electrons. The van der Waals surface area contributed by atoms with Gasteiger partial charge in [0.05, 0.1) is 0 Å². The smallest absolute Gasteiger partial charge is 0.224 e. The van der Waals surface area contributed by atoms with Gasteiger partial charge in [0.25, 0.3) is 0 Å². The van der Waals surface area contributed by atoms with Crippen LogP contribution in [0.3, 0.4) is 0 Å². The number of rotatable bonds is 3. The molecule has 0 bridgehead atoms. The zero-order valence-electron chi connectivity index (χ0n) is 11.9. The fraction of sp³-hybridized carbons (Fsp3) is 0.235. The first-order valence-corrected chi connectivity index (χ1v) is 7.83. The van der Waals surface area contributed by atoms with Gasteiger partial charge in [0.15, 0.2) is 0 Å². The molecule has 0 unspecified atom stereocenters. The maximum atomic E-state index is 11.4. The normalized spacial score (nSPS) is 13.5. The van der Waals surface area contributed by atoms with E-state index in [1.807, 2.05) is 12.1 Å². The van der Waals surface area contributed by atoms with E-state index in [0.717, 1.165) is 28.8 Å². The van der Waals surface area contributed by atoms with Gasteiger partial charge < -0.3 is 10.6 Å². The number of carbonyl (C=O) groups is 1. The van der Waals surface area contributed by atoms with Crippen LogP contribution in [0.15, 0.2) is 40.9 Å². The molecular weight excluding hydrogens is 328 g/mol. The van der Waals surface area contributed by atoms with E-state index >= 15 is 0 Å². The first-order chi connectivity index (χ1) is 10.1. The topological polar surface area (TPSA) is 41.1 Å². The second kappa shape index (κ2) is 5.90. The van der Waals surface area contributed by atoms with Gasteiger partial charge in [0.1, 0.15) is 0 Å². The Labute approximate surface area is 132 Å². The molecule has 0 radical (unpaired) electrons. The van der Waals surface area contributed by atoms with Crippen molar-refractivity contribution >= 4 is 33.2 Å². The van der Waals surface area contributed by atoms with Gasteiger partial charge >= 0.3 is 0 Å². The average Bonchev–Trinajstić information content (AvgIpc) is 2.48. The highest BCUT2D eigenvalue weighted by atomic mass is 79.9. The van der Waals surface area contributed by atoms with Crippen LogP contribution < -0.4 is 10.6 Å². The number of fused-ring (bicyclic) bond motifs is 1. The molecule has 3 nitrogen and oxygen atoms in total. The molecule has 4 heteroatoms. The Morgan fingerprint density at radius 2 is 2.05 bits per heavy atom. The first-order valence-electron chi connectivity index (χ1n) is 7.03. The van der Waals surface area contributed by atoms with Crippen LogP contribution in [0, 0.1) is 6.92 Å². The fourth-order valence-electron chi connectivity index (χ4n) is 2.51. The Morgan fingerprint density at radius 3 is 2.86 bits per heavy atom. The summed E-state index contributed by atoms with van der Waals surface area (Å²) in [7, 11) is 0. The molecule has 0 fully saturated rings. The Balaban J connectivity index is 1.71. The third kappa shape index (κ3) is 3.27. The van der Waals surface area contributed by atoms with E-state index in [1.54, 1.807) is 0 Å². The molecule has 3 rings (SSSR count). The third-order valence-electron chi connectivity index (χ3n) is 3.72. The van der Waals surface area contributed by atoms with Crippen LogP contribution in [0.4, 0.5) is 11.4 Å². The van der Waals surface area contributed by atoms with E-state index in [-0.39, 0.29) is 5.91 Å². The van der Waals surface area contributed by atoms with E-state index < -0.39 is 0 Å². The Bertz CT molecular complexity index is 697. The highest BCUT2D eigenvalue weighted by Gasteiger charge is 2.14. The van der Waals surface area contributed by atoms with E-state index in [0.29, 0.717) is 6.42 Å². The monoisotopic (exact) mass is 344 g/mol. The molecule has 1 heterocycles. The molecule has 1 aliphatic rings. The molecule has 1 aliphatic heterocycles. The van der Waals surface area contributed by atoms with Gasteiger partial charge in [-0.15, -0.1) is 0 Å². The van der Waals surface area contributed by atoms with Gasteiger partial charge in [-0.1, -0.05) is 28.1 Å². The van der Waals surface area contributed by atoms with Crippen molar-refractivity contribution < 1.29 is 4.79 Å². The predicted molar refractivity (Wildman–Crippen MR) is 89.6 cm³/mol. The molecule has 0 saturated carbocycles. The summed E-state index contributed by atoms with van der Waals surface area (Å²) >= 11 is 3.52. The molecule has 2 aromatic carbocycles. The molecule has 0 aromatic heterocycles. The molecule has 21 heavy (non-hydrogen) atoms. The summed E-state index contributed by atoms with van der Waals surface area (Å²) in [5.41, 5.74) is 5.72. The average molecular weight is 345 g/mol. The number of anilines is 2. The summed E-state index contributed by atoms with van der Waals surface area (Å²) in [4.78, 5) is 11.4. The lowest BCUT2D eigenvalue weighted by atomic mass is 10.0. The zero-order valence-corrected chi connectivity index (χ0v) is 13.5. The maximum absolute atomic E-state index is 11.4. The molecule has 1 amide bonds. The van der Waals surface area contributed by atoms with Crippen molar-refractivity contribution in [1.29, 1.82) is 0 Å². The summed E-state index contributed by atoms with van der Waals surface area (Å²) in [6.07, 6.45) is 1.39. The fourth-order valence-corrected chi connectivity index (χ4v) is 2.76. The number of halogens is 1. The highest BCUT2D eigenvalue weighted by molar-refractivity contribution is 9.10. The summed E-state index contributed by atoms with van der Waals surface area (Å²) in [5.74, 6) is 0.105. The minimum atomic E-state index is 0.105. The first kappa shape index (κ1) is 14.1. The highest BCUT2D eigenvalue weighted by Crippen LogP contribution is 2.26. The van der Waals surface area contributed by atoms with E-state index in [1.165, 1.54) is 16.7 Å². The molecule has 0 spiro atoms. The van der Waals surface area contributed by atoms with Crippen LogP contribution >= 0.6 is 15.9 Å². The van der Waals surface area contributed by atoms with Crippen molar-refractivity contribution in [3.05, 3.63) is 57.6 Å². The van der Waals surface area contributed by atoms with Crippen LogP contribution in [0.1, 0.15) is 23.1 Å². The van der Waals surface area contributed by atoms with Gasteiger partial charge in [-0.3, -0.25) is 4.79 Å². The lowest BCUT2D eigenvalue weighted by molar-refractivity contribution is -0.116. The Kier molecular flexibility index (Phi) is 3.97. The Morgan fingerprint density at radius 1 is 1.19 bits per heavy atom. The number of carbonyl (C=O) groups excluding carboxylic acids is 1. The second-order valence-corrected chi connectivity index (χ2v) is 6.21. The van der Waals surface area contributed by atoms with Crippen LogP contribution in [-0.2, 0) is 17.8 Å². The Hall–Kier alpha value is -1.81. The van der Waals surface area contributed by atoms with Gasteiger partial charge in [0, 0.05) is 28.8 Å².